The van der Waals surface area contributed by atoms with Crippen LogP contribution in [0.15, 0.2) is 4.60 Å². The molecular formula is C11H16BrN3. The normalized spacial score (nSPS) is 27.5. The second-order valence-corrected chi connectivity index (χ2v) is 5.72. The Hall–Kier alpha value is -0.350. The largest absolute Gasteiger partial charge is 0.331 e. The van der Waals surface area contributed by atoms with Crippen molar-refractivity contribution in [3.05, 3.63) is 16.1 Å². The molecule has 1 aromatic rings. The quantitative estimate of drug-likeness (QED) is 0.848. The summed E-state index contributed by atoms with van der Waals surface area (Å²) in [6.07, 6.45) is 4.73. The van der Waals surface area contributed by atoms with Crippen molar-refractivity contribution >= 4 is 15.9 Å². The maximum atomic E-state index is 6.29. The number of rotatable bonds is 1. The van der Waals surface area contributed by atoms with E-state index in [2.05, 4.69) is 32.4 Å². The Morgan fingerprint density at radius 3 is 2.93 bits per heavy atom. The first kappa shape index (κ1) is 9.85. The molecule has 0 amide bonds. The van der Waals surface area contributed by atoms with Crippen molar-refractivity contribution in [1.82, 2.24) is 9.55 Å². The number of nitrogens with two attached hydrogens (primary N) is 1. The molecule has 2 heterocycles. The Morgan fingerprint density at radius 2 is 2.27 bits per heavy atom. The van der Waals surface area contributed by atoms with Crippen molar-refractivity contribution in [3.8, 4) is 0 Å². The summed E-state index contributed by atoms with van der Waals surface area (Å²) in [4.78, 5) is 4.47. The van der Waals surface area contributed by atoms with E-state index in [4.69, 9.17) is 5.73 Å². The van der Waals surface area contributed by atoms with Gasteiger partial charge in [-0.1, -0.05) is 0 Å². The molecule has 3 rings (SSSR count). The third-order valence-electron chi connectivity index (χ3n) is 4.00. The molecule has 1 aromatic heterocycles. The number of halogens is 1. The van der Waals surface area contributed by atoms with Gasteiger partial charge in [-0.25, -0.2) is 4.98 Å². The van der Waals surface area contributed by atoms with Gasteiger partial charge in [0.25, 0.3) is 0 Å². The summed E-state index contributed by atoms with van der Waals surface area (Å²) in [7, 11) is 0. The zero-order chi connectivity index (χ0) is 10.6. The Labute approximate surface area is 98.2 Å². The minimum Gasteiger partial charge on any atom is -0.331 e. The summed E-state index contributed by atoms with van der Waals surface area (Å²) in [6.45, 7) is 3.16. The molecule has 0 radical (unpaired) electrons. The van der Waals surface area contributed by atoms with Gasteiger partial charge in [0, 0.05) is 12.1 Å². The van der Waals surface area contributed by atoms with Crippen LogP contribution in [0.1, 0.15) is 30.8 Å². The molecule has 0 bridgehead atoms. The Morgan fingerprint density at radius 1 is 1.53 bits per heavy atom. The number of imidazole rings is 1. The first-order valence-corrected chi connectivity index (χ1v) is 6.40. The lowest BCUT2D eigenvalue weighted by Crippen LogP contribution is -2.37. The van der Waals surface area contributed by atoms with E-state index in [-0.39, 0.29) is 5.54 Å². The van der Waals surface area contributed by atoms with Crippen LogP contribution in [-0.4, -0.2) is 15.1 Å². The molecule has 3 nitrogen and oxygen atoms in total. The summed E-state index contributed by atoms with van der Waals surface area (Å²) in [5, 5.41) is 0. The van der Waals surface area contributed by atoms with Gasteiger partial charge in [-0.05, 0) is 54.5 Å². The summed E-state index contributed by atoms with van der Waals surface area (Å²) in [5.41, 5.74) is 7.79. The Bertz CT molecular complexity index is 406. The standard InChI is InChI=1S/C11H16BrN3/c1-7-14-10(12)9-6-8(2-5-15(7)9)11(13)3-4-11/h8H,2-6,13H2,1H3. The van der Waals surface area contributed by atoms with E-state index >= 15 is 0 Å². The molecule has 1 aliphatic carbocycles. The maximum absolute atomic E-state index is 6.29. The zero-order valence-corrected chi connectivity index (χ0v) is 10.5. The van der Waals surface area contributed by atoms with E-state index < -0.39 is 0 Å². The molecule has 4 heteroatoms. The summed E-state index contributed by atoms with van der Waals surface area (Å²) in [5.74, 6) is 1.79. The van der Waals surface area contributed by atoms with Gasteiger partial charge in [-0.2, -0.15) is 0 Å². The predicted octanol–water partition coefficient (Wildman–Crippen LogP) is 2.01. The lowest BCUT2D eigenvalue weighted by Gasteiger charge is -2.29. The van der Waals surface area contributed by atoms with E-state index in [1.807, 2.05) is 0 Å². The van der Waals surface area contributed by atoms with E-state index in [0.29, 0.717) is 5.92 Å². The van der Waals surface area contributed by atoms with Crippen molar-refractivity contribution < 1.29 is 0 Å². The van der Waals surface area contributed by atoms with Gasteiger partial charge in [0.2, 0.25) is 0 Å². The highest BCUT2D eigenvalue weighted by molar-refractivity contribution is 9.10. The third kappa shape index (κ3) is 1.46. The lowest BCUT2D eigenvalue weighted by molar-refractivity contribution is 0.313. The van der Waals surface area contributed by atoms with Crippen LogP contribution in [0.2, 0.25) is 0 Å². The van der Waals surface area contributed by atoms with Crippen molar-refractivity contribution in [2.45, 2.75) is 44.7 Å². The number of aryl methyl sites for hydroxylation is 1. The second-order valence-electron chi connectivity index (χ2n) is 4.97. The van der Waals surface area contributed by atoms with E-state index in [9.17, 15) is 0 Å². The van der Waals surface area contributed by atoms with E-state index in [1.165, 1.54) is 25.0 Å². The zero-order valence-electron chi connectivity index (χ0n) is 8.96. The Kier molecular flexibility index (Phi) is 2.02. The van der Waals surface area contributed by atoms with Crippen LogP contribution in [0, 0.1) is 12.8 Å². The molecule has 1 saturated carbocycles. The van der Waals surface area contributed by atoms with Crippen LogP contribution < -0.4 is 5.73 Å². The van der Waals surface area contributed by atoms with Gasteiger partial charge < -0.3 is 10.3 Å². The van der Waals surface area contributed by atoms with Crippen LogP contribution in [0.3, 0.4) is 0 Å². The second kappa shape index (κ2) is 3.08. The van der Waals surface area contributed by atoms with Crippen LogP contribution in [-0.2, 0) is 13.0 Å². The third-order valence-corrected chi connectivity index (χ3v) is 4.63. The van der Waals surface area contributed by atoms with Gasteiger partial charge in [-0.15, -0.1) is 0 Å². The van der Waals surface area contributed by atoms with Gasteiger partial charge in [0.15, 0.2) is 0 Å². The molecule has 0 spiro atoms. The monoisotopic (exact) mass is 269 g/mol. The first-order valence-electron chi connectivity index (χ1n) is 5.60. The van der Waals surface area contributed by atoms with Crippen molar-refractivity contribution in [2.24, 2.45) is 11.7 Å². The van der Waals surface area contributed by atoms with Crippen molar-refractivity contribution in [1.29, 1.82) is 0 Å². The molecule has 0 aromatic carbocycles. The molecule has 0 saturated heterocycles. The average molecular weight is 270 g/mol. The number of nitrogens with zero attached hydrogens (tertiary/aromatic N) is 2. The van der Waals surface area contributed by atoms with Gasteiger partial charge >= 0.3 is 0 Å². The number of fused-ring (bicyclic) bond motifs is 1. The van der Waals surface area contributed by atoms with Crippen molar-refractivity contribution in [3.63, 3.8) is 0 Å². The van der Waals surface area contributed by atoms with Crippen LogP contribution in [0.25, 0.3) is 0 Å². The summed E-state index contributed by atoms with van der Waals surface area (Å²) < 4.78 is 3.35. The predicted molar refractivity (Wildman–Crippen MR) is 62.6 cm³/mol. The SMILES string of the molecule is Cc1nc(Br)c2n1CCC(C1(N)CC1)C2. The van der Waals surface area contributed by atoms with Crippen molar-refractivity contribution in [2.75, 3.05) is 0 Å². The Balaban J connectivity index is 1.92. The van der Waals surface area contributed by atoms with Gasteiger partial charge in [0.05, 0.1) is 5.69 Å². The van der Waals surface area contributed by atoms with Crippen LogP contribution in [0.5, 0.6) is 0 Å². The van der Waals surface area contributed by atoms with E-state index in [0.717, 1.165) is 23.4 Å². The molecule has 1 fully saturated rings. The molecule has 2 N–H and O–H groups in total. The summed E-state index contributed by atoms with van der Waals surface area (Å²) in [6, 6.07) is 0. The molecule has 2 aliphatic rings. The molecule has 15 heavy (non-hydrogen) atoms. The highest BCUT2D eigenvalue weighted by Crippen LogP contribution is 2.45. The topological polar surface area (TPSA) is 43.8 Å². The highest BCUT2D eigenvalue weighted by atomic mass is 79.9. The van der Waals surface area contributed by atoms with Crippen LogP contribution in [0.4, 0.5) is 0 Å². The minimum atomic E-state index is 0.156. The highest BCUT2D eigenvalue weighted by Gasteiger charge is 2.46. The molecule has 1 aliphatic heterocycles. The van der Waals surface area contributed by atoms with Gasteiger partial charge in [-0.3, -0.25) is 0 Å². The fraction of sp³-hybridized carbons (Fsp3) is 0.727. The fourth-order valence-electron chi connectivity index (χ4n) is 2.73. The average Bonchev–Trinajstić information content (AvgIpc) is 2.90. The molecule has 1 unspecified atom stereocenters. The molecule has 82 valence electrons. The van der Waals surface area contributed by atoms with E-state index in [1.54, 1.807) is 0 Å². The maximum Gasteiger partial charge on any atom is 0.127 e. The molecule has 1 atom stereocenters. The first-order chi connectivity index (χ1) is 7.10. The fourth-order valence-corrected chi connectivity index (χ4v) is 3.36. The summed E-state index contributed by atoms with van der Waals surface area (Å²) >= 11 is 3.54. The number of hydrogen-bond donors (Lipinski definition) is 1. The number of aromatic nitrogens is 2. The lowest BCUT2D eigenvalue weighted by atomic mass is 9.87. The minimum absolute atomic E-state index is 0.156. The molecular weight excluding hydrogens is 254 g/mol. The van der Waals surface area contributed by atoms with Crippen LogP contribution >= 0.6 is 15.9 Å². The van der Waals surface area contributed by atoms with Gasteiger partial charge in [0.1, 0.15) is 10.4 Å². The number of hydrogen-bond acceptors (Lipinski definition) is 2. The smallest absolute Gasteiger partial charge is 0.127 e.